The Balaban J connectivity index is 1.44. The molecule has 0 unspecified atom stereocenters. The van der Waals surface area contributed by atoms with Gasteiger partial charge in [-0.15, -0.1) is 0 Å². The van der Waals surface area contributed by atoms with E-state index in [4.69, 9.17) is 14.2 Å². The van der Waals surface area contributed by atoms with E-state index < -0.39 is 64.5 Å². The van der Waals surface area contributed by atoms with Crippen molar-refractivity contribution >= 4 is 5.97 Å². The lowest BCUT2D eigenvalue weighted by Gasteiger charge is -2.30. The van der Waals surface area contributed by atoms with Crippen molar-refractivity contribution < 1.29 is 54.5 Å². The molecule has 12 heteroatoms. The van der Waals surface area contributed by atoms with Crippen LogP contribution in [0.2, 0.25) is 0 Å². The molecule has 0 aromatic heterocycles. The van der Waals surface area contributed by atoms with Gasteiger partial charge in [0.05, 0.1) is 18.8 Å². The first-order chi connectivity index (χ1) is 18.5. The third kappa shape index (κ3) is 6.51. The van der Waals surface area contributed by atoms with Gasteiger partial charge >= 0.3 is 12.1 Å². The standard InChI is InChI=1S/C27H21F7O5/c1-2-3-14-12-36-26(37-13-14)16-8-19(28)23(20(29)9-16)27(33,34)39-17-6-4-15(5-7-17)25(35)38-18-10-21(30)24(32)22(31)11-18/h4-11,14,26H,2-3,12-13H2,1H3. The molecular formula is C27H21F7O5. The molecule has 4 rings (SSSR count). The normalized spacial score (nSPS) is 17.6. The zero-order chi connectivity index (χ0) is 28.3. The third-order valence-electron chi connectivity index (χ3n) is 5.80. The predicted octanol–water partition coefficient (Wildman–Crippen LogP) is 7.19. The minimum Gasteiger partial charge on any atom is -0.429 e. The van der Waals surface area contributed by atoms with E-state index in [9.17, 15) is 35.5 Å². The summed E-state index contributed by atoms with van der Waals surface area (Å²) in [6, 6.07) is 5.94. The van der Waals surface area contributed by atoms with Gasteiger partial charge in [-0.3, -0.25) is 0 Å². The average molecular weight is 558 g/mol. The van der Waals surface area contributed by atoms with Crippen LogP contribution < -0.4 is 9.47 Å². The van der Waals surface area contributed by atoms with Crippen molar-refractivity contribution in [2.75, 3.05) is 13.2 Å². The van der Waals surface area contributed by atoms with Crippen molar-refractivity contribution in [1.29, 1.82) is 0 Å². The Morgan fingerprint density at radius 2 is 1.44 bits per heavy atom. The molecule has 0 radical (unpaired) electrons. The summed E-state index contributed by atoms with van der Waals surface area (Å²) in [4.78, 5) is 12.2. The fourth-order valence-corrected chi connectivity index (χ4v) is 3.93. The Morgan fingerprint density at radius 1 is 0.872 bits per heavy atom. The van der Waals surface area contributed by atoms with Crippen molar-refractivity contribution in [3.8, 4) is 11.5 Å². The SMILES string of the molecule is CCCC1COC(c2cc(F)c(C(F)(F)Oc3ccc(C(=O)Oc4cc(F)c(F)c(F)c4)cc3)c(F)c2)OC1. The lowest BCUT2D eigenvalue weighted by molar-refractivity contribution is -0.206. The molecule has 208 valence electrons. The molecule has 1 heterocycles. The van der Waals surface area contributed by atoms with E-state index in [1.807, 2.05) is 6.92 Å². The minimum absolute atomic E-state index is 0.108. The van der Waals surface area contributed by atoms with E-state index in [0.717, 1.165) is 37.1 Å². The number of hydrogen-bond donors (Lipinski definition) is 0. The van der Waals surface area contributed by atoms with Crippen molar-refractivity contribution in [3.63, 3.8) is 0 Å². The Bertz CT molecular complexity index is 1290. The minimum atomic E-state index is -4.46. The molecule has 0 saturated carbocycles. The van der Waals surface area contributed by atoms with E-state index in [1.165, 1.54) is 0 Å². The highest BCUT2D eigenvalue weighted by atomic mass is 19.3. The number of hydrogen-bond acceptors (Lipinski definition) is 5. The highest BCUT2D eigenvalue weighted by Crippen LogP contribution is 2.37. The smallest absolute Gasteiger partial charge is 0.429 e. The van der Waals surface area contributed by atoms with Crippen LogP contribution in [-0.4, -0.2) is 19.2 Å². The number of rotatable bonds is 8. The maximum atomic E-state index is 14.8. The molecule has 1 saturated heterocycles. The number of halogens is 7. The van der Waals surface area contributed by atoms with Crippen LogP contribution >= 0.6 is 0 Å². The Morgan fingerprint density at radius 3 is 1.97 bits per heavy atom. The van der Waals surface area contributed by atoms with Crippen LogP contribution in [0.3, 0.4) is 0 Å². The summed E-state index contributed by atoms with van der Waals surface area (Å²) < 4.78 is 119. The Hall–Kier alpha value is -3.64. The van der Waals surface area contributed by atoms with Crippen molar-refractivity contribution in [1.82, 2.24) is 0 Å². The summed E-state index contributed by atoms with van der Waals surface area (Å²) >= 11 is 0. The summed E-state index contributed by atoms with van der Waals surface area (Å²) in [6.45, 7) is 2.58. The van der Waals surface area contributed by atoms with Gasteiger partial charge in [-0.25, -0.2) is 26.7 Å². The van der Waals surface area contributed by atoms with E-state index in [2.05, 4.69) is 4.74 Å². The molecule has 0 aliphatic carbocycles. The molecular weight excluding hydrogens is 537 g/mol. The first-order valence-corrected chi connectivity index (χ1v) is 11.7. The second-order valence-electron chi connectivity index (χ2n) is 8.75. The van der Waals surface area contributed by atoms with Crippen LogP contribution in [0.5, 0.6) is 11.5 Å². The fourth-order valence-electron chi connectivity index (χ4n) is 3.93. The van der Waals surface area contributed by atoms with E-state index in [-0.39, 0.29) is 17.0 Å². The average Bonchev–Trinajstić information content (AvgIpc) is 2.87. The van der Waals surface area contributed by atoms with Crippen molar-refractivity contribution in [3.05, 3.63) is 94.3 Å². The maximum absolute atomic E-state index is 14.8. The van der Waals surface area contributed by atoms with E-state index in [1.54, 1.807) is 0 Å². The number of ether oxygens (including phenoxy) is 4. The number of carbonyl (C=O) groups excluding carboxylic acids is 1. The topological polar surface area (TPSA) is 54.0 Å². The van der Waals surface area contributed by atoms with Gasteiger partial charge in [-0.05, 0) is 42.8 Å². The quantitative estimate of drug-likeness (QED) is 0.127. The van der Waals surface area contributed by atoms with Gasteiger partial charge in [-0.2, -0.15) is 8.78 Å². The molecule has 0 bridgehead atoms. The summed E-state index contributed by atoms with van der Waals surface area (Å²) in [5.41, 5.74) is -2.01. The van der Waals surface area contributed by atoms with Crippen LogP contribution in [0, 0.1) is 35.0 Å². The fraction of sp³-hybridized carbons (Fsp3) is 0.296. The lowest BCUT2D eigenvalue weighted by atomic mass is 10.0. The Kier molecular flexibility index (Phi) is 8.45. The van der Waals surface area contributed by atoms with Crippen molar-refractivity contribution in [2.45, 2.75) is 32.2 Å². The molecule has 0 amide bonds. The summed E-state index contributed by atoms with van der Waals surface area (Å²) in [5.74, 6) is -10.3. The van der Waals surface area contributed by atoms with Gasteiger partial charge in [0.2, 0.25) is 0 Å². The second-order valence-corrected chi connectivity index (χ2v) is 8.75. The zero-order valence-corrected chi connectivity index (χ0v) is 20.3. The predicted molar refractivity (Wildman–Crippen MR) is 122 cm³/mol. The van der Waals surface area contributed by atoms with Gasteiger partial charge in [-0.1, -0.05) is 13.3 Å². The Labute approximate surface area is 218 Å². The first-order valence-electron chi connectivity index (χ1n) is 11.7. The molecule has 39 heavy (non-hydrogen) atoms. The number of carbonyl (C=O) groups is 1. The third-order valence-corrected chi connectivity index (χ3v) is 5.80. The number of esters is 1. The second kappa shape index (κ2) is 11.6. The molecule has 3 aromatic rings. The van der Waals surface area contributed by atoms with Crippen molar-refractivity contribution in [2.24, 2.45) is 5.92 Å². The molecule has 1 aliphatic rings. The maximum Gasteiger partial charge on any atom is 0.432 e. The summed E-state index contributed by atoms with van der Waals surface area (Å²) in [7, 11) is 0. The van der Waals surface area contributed by atoms with Gasteiger partial charge in [0.1, 0.15) is 28.7 Å². The molecule has 0 spiro atoms. The van der Waals surface area contributed by atoms with E-state index >= 15 is 0 Å². The molecule has 0 N–H and O–H groups in total. The first kappa shape index (κ1) is 28.4. The van der Waals surface area contributed by atoms with Gasteiger partial charge < -0.3 is 18.9 Å². The molecule has 3 aromatic carbocycles. The largest absolute Gasteiger partial charge is 0.432 e. The van der Waals surface area contributed by atoms with Gasteiger partial charge in [0, 0.05) is 23.6 Å². The van der Waals surface area contributed by atoms with Gasteiger partial charge in [0.25, 0.3) is 0 Å². The number of alkyl halides is 2. The van der Waals surface area contributed by atoms with Crippen LogP contribution in [0.15, 0.2) is 48.5 Å². The molecule has 1 aliphatic heterocycles. The molecule has 5 nitrogen and oxygen atoms in total. The highest BCUT2D eigenvalue weighted by molar-refractivity contribution is 5.91. The lowest BCUT2D eigenvalue weighted by Crippen LogP contribution is -2.28. The monoisotopic (exact) mass is 558 g/mol. The van der Waals surface area contributed by atoms with E-state index in [0.29, 0.717) is 37.5 Å². The van der Waals surface area contributed by atoms with Crippen LogP contribution in [0.25, 0.3) is 0 Å². The molecule has 0 atom stereocenters. The van der Waals surface area contributed by atoms with Gasteiger partial charge in [0.15, 0.2) is 23.7 Å². The highest BCUT2D eigenvalue weighted by Gasteiger charge is 2.42. The van der Waals surface area contributed by atoms with Crippen LogP contribution in [0.1, 0.15) is 47.5 Å². The summed E-state index contributed by atoms with van der Waals surface area (Å²) in [6.07, 6.45) is -3.83. The molecule has 1 fully saturated rings. The zero-order valence-electron chi connectivity index (χ0n) is 20.3. The summed E-state index contributed by atoms with van der Waals surface area (Å²) in [5, 5.41) is 0. The van der Waals surface area contributed by atoms with Crippen LogP contribution in [-0.2, 0) is 15.6 Å². The number of benzene rings is 3. The van der Waals surface area contributed by atoms with Crippen LogP contribution in [0.4, 0.5) is 30.7 Å².